The summed E-state index contributed by atoms with van der Waals surface area (Å²) >= 11 is 0. The van der Waals surface area contributed by atoms with Gasteiger partial charge in [-0.15, -0.1) is 0 Å². The van der Waals surface area contributed by atoms with Crippen LogP contribution in [0.2, 0.25) is 0 Å². The lowest BCUT2D eigenvalue weighted by Crippen LogP contribution is -2.12. The zero-order valence-electron chi connectivity index (χ0n) is 9.86. The SMILES string of the molecule is CC(=O)n1[nH]c(=O)c(Cc2ccccc2)c1C. The second-order valence-electron chi connectivity index (χ2n) is 4.02. The summed E-state index contributed by atoms with van der Waals surface area (Å²) in [4.78, 5) is 23.0. The number of nitrogens with zero attached hydrogens (tertiary/aromatic N) is 1. The van der Waals surface area contributed by atoms with Gasteiger partial charge in [0.25, 0.3) is 5.56 Å². The number of aromatic amines is 1. The van der Waals surface area contributed by atoms with Gasteiger partial charge in [0.2, 0.25) is 5.91 Å². The molecule has 4 heteroatoms. The number of benzene rings is 1. The number of hydrogen-bond acceptors (Lipinski definition) is 2. The molecule has 0 saturated heterocycles. The van der Waals surface area contributed by atoms with Crippen molar-refractivity contribution in [1.82, 2.24) is 9.78 Å². The fourth-order valence-electron chi connectivity index (χ4n) is 1.88. The second-order valence-corrected chi connectivity index (χ2v) is 4.02. The van der Waals surface area contributed by atoms with E-state index in [1.54, 1.807) is 6.92 Å². The lowest BCUT2D eigenvalue weighted by molar-refractivity contribution is 0.0918. The normalized spacial score (nSPS) is 10.5. The van der Waals surface area contributed by atoms with E-state index in [0.29, 0.717) is 17.7 Å². The first-order valence-electron chi connectivity index (χ1n) is 5.45. The van der Waals surface area contributed by atoms with Crippen molar-refractivity contribution in [3.8, 4) is 0 Å². The van der Waals surface area contributed by atoms with Gasteiger partial charge in [-0.2, -0.15) is 0 Å². The van der Waals surface area contributed by atoms with Crippen molar-refractivity contribution in [3.63, 3.8) is 0 Å². The molecule has 1 aromatic carbocycles. The van der Waals surface area contributed by atoms with Gasteiger partial charge in [0.05, 0.1) is 0 Å². The third-order valence-corrected chi connectivity index (χ3v) is 2.80. The summed E-state index contributed by atoms with van der Waals surface area (Å²) in [5.74, 6) is -0.182. The van der Waals surface area contributed by atoms with E-state index >= 15 is 0 Å². The lowest BCUT2D eigenvalue weighted by Gasteiger charge is -2.01. The van der Waals surface area contributed by atoms with E-state index in [2.05, 4.69) is 5.10 Å². The van der Waals surface area contributed by atoms with Crippen molar-refractivity contribution in [2.45, 2.75) is 20.3 Å². The van der Waals surface area contributed by atoms with Crippen LogP contribution in [0.15, 0.2) is 35.1 Å². The summed E-state index contributed by atoms with van der Waals surface area (Å²) in [6, 6.07) is 9.72. The quantitative estimate of drug-likeness (QED) is 0.854. The zero-order chi connectivity index (χ0) is 12.4. The van der Waals surface area contributed by atoms with Gasteiger partial charge in [-0.1, -0.05) is 30.3 Å². The van der Waals surface area contributed by atoms with Crippen LogP contribution in [0.1, 0.15) is 28.5 Å². The van der Waals surface area contributed by atoms with E-state index in [1.807, 2.05) is 30.3 Å². The molecule has 0 aliphatic heterocycles. The van der Waals surface area contributed by atoms with Crippen LogP contribution in [0.4, 0.5) is 0 Å². The molecule has 88 valence electrons. The molecule has 2 aromatic rings. The molecule has 0 fully saturated rings. The molecular weight excluding hydrogens is 216 g/mol. The fourth-order valence-corrected chi connectivity index (χ4v) is 1.88. The smallest absolute Gasteiger partial charge is 0.268 e. The fraction of sp³-hybridized carbons (Fsp3) is 0.231. The molecule has 0 aliphatic rings. The molecule has 4 nitrogen and oxygen atoms in total. The van der Waals surface area contributed by atoms with Gasteiger partial charge in [0, 0.05) is 24.6 Å². The van der Waals surface area contributed by atoms with Crippen LogP contribution in [0.3, 0.4) is 0 Å². The van der Waals surface area contributed by atoms with E-state index in [0.717, 1.165) is 5.56 Å². The Morgan fingerprint density at radius 3 is 2.47 bits per heavy atom. The van der Waals surface area contributed by atoms with E-state index in [1.165, 1.54) is 11.6 Å². The van der Waals surface area contributed by atoms with Crippen LogP contribution >= 0.6 is 0 Å². The molecule has 0 saturated carbocycles. The average Bonchev–Trinajstić information content (AvgIpc) is 2.58. The van der Waals surface area contributed by atoms with Crippen molar-refractivity contribution < 1.29 is 4.79 Å². The molecule has 1 N–H and O–H groups in total. The van der Waals surface area contributed by atoms with Crippen LogP contribution in [0.25, 0.3) is 0 Å². The van der Waals surface area contributed by atoms with Crippen LogP contribution < -0.4 is 5.56 Å². The Labute approximate surface area is 98.9 Å². The predicted octanol–water partition coefficient (Wildman–Crippen LogP) is 1.74. The number of rotatable bonds is 2. The van der Waals surface area contributed by atoms with Crippen LogP contribution in [-0.4, -0.2) is 15.7 Å². The first-order chi connectivity index (χ1) is 8.09. The number of hydrogen-bond donors (Lipinski definition) is 1. The molecule has 17 heavy (non-hydrogen) atoms. The van der Waals surface area contributed by atoms with Gasteiger partial charge >= 0.3 is 0 Å². The van der Waals surface area contributed by atoms with E-state index in [-0.39, 0.29) is 11.5 Å². The number of carbonyl (C=O) groups is 1. The highest BCUT2D eigenvalue weighted by Crippen LogP contribution is 2.09. The van der Waals surface area contributed by atoms with Gasteiger partial charge in [0.1, 0.15) is 0 Å². The molecule has 1 heterocycles. The minimum absolute atomic E-state index is 0.182. The molecule has 0 amide bonds. The Bertz CT molecular complexity index is 594. The Hall–Kier alpha value is -2.10. The highest BCUT2D eigenvalue weighted by Gasteiger charge is 2.13. The summed E-state index contributed by atoms with van der Waals surface area (Å²) in [6.45, 7) is 3.20. The van der Waals surface area contributed by atoms with Gasteiger partial charge in [-0.3, -0.25) is 14.7 Å². The number of nitrogens with one attached hydrogen (secondary N) is 1. The maximum Gasteiger partial charge on any atom is 0.268 e. The topological polar surface area (TPSA) is 54.9 Å². The van der Waals surface area contributed by atoms with Gasteiger partial charge in [-0.05, 0) is 12.5 Å². The summed E-state index contributed by atoms with van der Waals surface area (Å²) in [5.41, 5.74) is 2.20. The second kappa shape index (κ2) is 4.41. The molecule has 0 radical (unpaired) electrons. The highest BCUT2D eigenvalue weighted by molar-refractivity contribution is 5.76. The molecule has 2 rings (SSSR count). The number of carbonyl (C=O) groups excluding carboxylic acids is 1. The van der Waals surface area contributed by atoms with E-state index in [9.17, 15) is 9.59 Å². The standard InChI is InChI=1S/C13H14N2O2/c1-9-12(8-11-6-4-3-5-7-11)13(17)14-15(9)10(2)16/h3-7H,8H2,1-2H3,(H,14,17). The molecule has 0 spiro atoms. The maximum atomic E-state index is 11.7. The minimum atomic E-state index is -0.193. The summed E-state index contributed by atoms with van der Waals surface area (Å²) in [6.07, 6.45) is 0.544. The number of aromatic nitrogens is 2. The van der Waals surface area contributed by atoms with Gasteiger partial charge in [0.15, 0.2) is 0 Å². The van der Waals surface area contributed by atoms with Crippen LogP contribution in [-0.2, 0) is 6.42 Å². The molecule has 0 aliphatic carbocycles. The van der Waals surface area contributed by atoms with Crippen LogP contribution in [0, 0.1) is 6.92 Å². The van der Waals surface area contributed by atoms with Crippen molar-refractivity contribution in [2.75, 3.05) is 0 Å². The van der Waals surface area contributed by atoms with Gasteiger partial charge < -0.3 is 0 Å². The predicted molar refractivity (Wildman–Crippen MR) is 65.3 cm³/mol. The Kier molecular flexibility index (Phi) is 2.95. The molecule has 0 unspecified atom stereocenters. The van der Waals surface area contributed by atoms with Crippen molar-refractivity contribution in [2.24, 2.45) is 0 Å². The third-order valence-electron chi connectivity index (χ3n) is 2.80. The summed E-state index contributed by atoms with van der Waals surface area (Å²) < 4.78 is 1.29. The zero-order valence-corrected chi connectivity index (χ0v) is 9.86. The summed E-state index contributed by atoms with van der Waals surface area (Å²) in [7, 11) is 0. The Morgan fingerprint density at radius 1 is 1.29 bits per heavy atom. The average molecular weight is 230 g/mol. The minimum Gasteiger partial charge on any atom is -0.273 e. The Morgan fingerprint density at radius 2 is 1.94 bits per heavy atom. The first kappa shape index (κ1) is 11.4. The largest absolute Gasteiger partial charge is 0.273 e. The highest BCUT2D eigenvalue weighted by atomic mass is 16.2. The monoisotopic (exact) mass is 230 g/mol. The van der Waals surface area contributed by atoms with Crippen molar-refractivity contribution >= 4 is 5.91 Å². The molecule has 0 bridgehead atoms. The summed E-state index contributed by atoms with van der Waals surface area (Å²) in [5, 5.41) is 2.54. The Balaban J connectivity index is 2.41. The number of H-pyrrole nitrogens is 1. The van der Waals surface area contributed by atoms with E-state index < -0.39 is 0 Å². The lowest BCUT2D eigenvalue weighted by atomic mass is 10.1. The first-order valence-corrected chi connectivity index (χ1v) is 5.45. The third kappa shape index (κ3) is 2.20. The van der Waals surface area contributed by atoms with Crippen molar-refractivity contribution in [1.29, 1.82) is 0 Å². The van der Waals surface area contributed by atoms with Crippen molar-refractivity contribution in [3.05, 3.63) is 57.5 Å². The molecule has 0 atom stereocenters. The van der Waals surface area contributed by atoms with E-state index in [4.69, 9.17) is 0 Å². The van der Waals surface area contributed by atoms with Gasteiger partial charge in [-0.25, -0.2) is 4.68 Å². The maximum absolute atomic E-state index is 11.7. The van der Waals surface area contributed by atoms with Crippen LogP contribution in [0.5, 0.6) is 0 Å². The molecular formula is C13H14N2O2. The molecule has 1 aromatic heterocycles.